The predicted octanol–water partition coefficient (Wildman–Crippen LogP) is 4.27. The van der Waals surface area contributed by atoms with Crippen molar-refractivity contribution in [1.82, 2.24) is 0 Å². The van der Waals surface area contributed by atoms with Gasteiger partial charge in [-0.3, -0.25) is 4.79 Å². The number of rotatable bonds is 3. The van der Waals surface area contributed by atoms with Gasteiger partial charge in [-0.15, -0.1) is 11.3 Å². The van der Waals surface area contributed by atoms with Gasteiger partial charge < -0.3 is 14.5 Å². The Kier molecular flexibility index (Phi) is 4.59. The molecule has 2 heterocycles. The third kappa shape index (κ3) is 3.21. The number of hydrogen-bond donors (Lipinski definition) is 1. The summed E-state index contributed by atoms with van der Waals surface area (Å²) < 4.78 is 10.6. The number of carbonyl (C=O) groups excluding carboxylic acids is 2. The van der Waals surface area contributed by atoms with Gasteiger partial charge in [-0.1, -0.05) is 6.92 Å². The van der Waals surface area contributed by atoms with E-state index in [1.54, 1.807) is 12.1 Å². The summed E-state index contributed by atoms with van der Waals surface area (Å²) in [5, 5.41) is 3.33. The van der Waals surface area contributed by atoms with Gasteiger partial charge in [0.15, 0.2) is 10.4 Å². The minimum Gasteiger partial charge on any atom is -0.465 e. The number of fused-ring (bicyclic) bond motifs is 1. The molecule has 0 radical (unpaired) electrons. The van der Waals surface area contributed by atoms with Gasteiger partial charge in [0, 0.05) is 4.88 Å². The zero-order valence-electron chi connectivity index (χ0n) is 12.8. The number of carbonyl (C=O) groups is 2. The Morgan fingerprint density at radius 2 is 2.22 bits per heavy atom. The highest BCUT2D eigenvalue weighted by Crippen LogP contribution is 2.40. The van der Waals surface area contributed by atoms with Crippen LogP contribution in [0.15, 0.2) is 21.2 Å². The molecule has 0 aliphatic heterocycles. The van der Waals surface area contributed by atoms with Crippen LogP contribution in [0.25, 0.3) is 0 Å². The Morgan fingerprint density at radius 1 is 1.43 bits per heavy atom. The van der Waals surface area contributed by atoms with Crippen LogP contribution in [0.1, 0.15) is 44.7 Å². The Balaban J connectivity index is 1.95. The van der Waals surface area contributed by atoms with E-state index in [2.05, 4.69) is 28.2 Å². The maximum Gasteiger partial charge on any atom is 0.341 e. The van der Waals surface area contributed by atoms with Crippen molar-refractivity contribution in [3.05, 3.63) is 38.6 Å². The van der Waals surface area contributed by atoms with Gasteiger partial charge in [0.05, 0.1) is 12.7 Å². The van der Waals surface area contributed by atoms with Gasteiger partial charge in [-0.25, -0.2) is 4.79 Å². The van der Waals surface area contributed by atoms with E-state index in [1.807, 2.05) is 0 Å². The number of esters is 1. The zero-order chi connectivity index (χ0) is 16.6. The van der Waals surface area contributed by atoms with Crippen LogP contribution in [0.4, 0.5) is 5.00 Å². The van der Waals surface area contributed by atoms with E-state index in [0.717, 1.165) is 29.7 Å². The van der Waals surface area contributed by atoms with E-state index < -0.39 is 5.97 Å². The summed E-state index contributed by atoms with van der Waals surface area (Å²) in [5.41, 5.74) is 1.49. The molecule has 0 aromatic carbocycles. The molecule has 0 bridgehead atoms. The molecule has 5 nitrogen and oxygen atoms in total. The highest BCUT2D eigenvalue weighted by Gasteiger charge is 2.29. The molecule has 1 unspecified atom stereocenters. The van der Waals surface area contributed by atoms with Crippen molar-refractivity contribution in [3.63, 3.8) is 0 Å². The fraction of sp³-hybridized carbons (Fsp3) is 0.375. The molecule has 1 N–H and O–H groups in total. The van der Waals surface area contributed by atoms with Crippen molar-refractivity contribution >= 4 is 44.1 Å². The van der Waals surface area contributed by atoms with E-state index >= 15 is 0 Å². The summed E-state index contributed by atoms with van der Waals surface area (Å²) in [6, 6.07) is 3.23. The largest absolute Gasteiger partial charge is 0.465 e. The van der Waals surface area contributed by atoms with Crippen LogP contribution in [0.5, 0.6) is 0 Å². The van der Waals surface area contributed by atoms with Crippen LogP contribution < -0.4 is 5.32 Å². The first-order valence-electron chi connectivity index (χ1n) is 7.29. The molecule has 0 saturated carbocycles. The molecule has 1 amide bonds. The van der Waals surface area contributed by atoms with Crippen LogP contribution >= 0.6 is 27.3 Å². The van der Waals surface area contributed by atoms with Crippen LogP contribution in [-0.4, -0.2) is 19.0 Å². The van der Waals surface area contributed by atoms with Crippen molar-refractivity contribution in [1.29, 1.82) is 0 Å². The first kappa shape index (κ1) is 16.3. The van der Waals surface area contributed by atoms with E-state index in [4.69, 9.17) is 9.15 Å². The Bertz CT molecular complexity index is 764. The van der Waals surface area contributed by atoms with Crippen LogP contribution in [0.2, 0.25) is 0 Å². The predicted molar refractivity (Wildman–Crippen MR) is 91.2 cm³/mol. The molecule has 7 heteroatoms. The minimum absolute atomic E-state index is 0.187. The SMILES string of the molecule is COC(=O)c1c(NC(=O)c2ccc(Br)o2)sc2c1CCC(C)C2. The number of thiophene rings is 1. The van der Waals surface area contributed by atoms with Crippen LogP contribution in [-0.2, 0) is 17.6 Å². The number of ether oxygens (including phenoxy) is 1. The topological polar surface area (TPSA) is 68.5 Å². The van der Waals surface area contributed by atoms with Gasteiger partial charge in [0.2, 0.25) is 0 Å². The molecule has 0 spiro atoms. The number of furan rings is 1. The molecule has 1 aliphatic carbocycles. The maximum atomic E-state index is 12.3. The average molecular weight is 398 g/mol. The molecule has 1 atom stereocenters. The van der Waals surface area contributed by atoms with Crippen molar-refractivity contribution in [2.75, 3.05) is 12.4 Å². The fourth-order valence-electron chi connectivity index (χ4n) is 2.76. The monoisotopic (exact) mass is 397 g/mol. The number of nitrogens with one attached hydrogen (secondary N) is 1. The van der Waals surface area contributed by atoms with Gasteiger partial charge in [-0.2, -0.15) is 0 Å². The highest BCUT2D eigenvalue weighted by atomic mass is 79.9. The molecule has 122 valence electrons. The van der Waals surface area contributed by atoms with Gasteiger partial charge in [-0.05, 0) is 58.8 Å². The van der Waals surface area contributed by atoms with Gasteiger partial charge in [0.25, 0.3) is 5.91 Å². The summed E-state index contributed by atoms with van der Waals surface area (Å²) in [6.07, 6.45) is 2.79. The Labute approximate surface area is 146 Å². The van der Waals surface area contributed by atoms with Gasteiger partial charge >= 0.3 is 5.97 Å². The van der Waals surface area contributed by atoms with Gasteiger partial charge in [0.1, 0.15) is 5.00 Å². The Morgan fingerprint density at radius 3 is 2.87 bits per heavy atom. The lowest BCUT2D eigenvalue weighted by Gasteiger charge is -2.18. The third-order valence-electron chi connectivity index (χ3n) is 3.93. The molecule has 3 rings (SSSR count). The van der Waals surface area contributed by atoms with Crippen molar-refractivity contribution in [2.24, 2.45) is 5.92 Å². The Hall–Kier alpha value is -1.60. The van der Waals surface area contributed by atoms with Crippen LogP contribution in [0.3, 0.4) is 0 Å². The lowest BCUT2D eigenvalue weighted by atomic mass is 9.88. The zero-order valence-corrected chi connectivity index (χ0v) is 15.2. The molecular weight excluding hydrogens is 382 g/mol. The summed E-state index contributed by atoms with van der Waals surface area (Å²) >= 11 is 4.62. The number of methoxy groups -OCH3 is 1. The highest BCUT2D eigenvalue weighted by molar-refractivity contribution is 9.10. The molecule has 2 aromatic heterocycles. The van der Waals surface area contributed by atoms with Crippen molar-refractivity contribution in [2.45, 2.75) is 26.2 Å². The normalized spacial score (nSPS) is 16.7. The molecule has 23 heavy (non-hydrogen) atoms. The number of amides is 1. The van der Waals surface area contributed by atoms with E-state index in [-0.39, 0.29) is 11.7 Å². The van der Waals surface area contributed by atoms with Crippen LogP contribution in [0, 0.1) is 5.92 Å². The van der Waals surface area contributed by atoms with E-state index in [1.165, 1.54) is 18.4 Å². The molecule has 2 aromatic rings. The molecular formula is C16H16BrNO4S. The lowest BCUT2D eigenvalue weighted by Crippen LogP contribution is -2.15. The summed E-state index contributed by atoms with van der Waals surface area (Å²) in [5.74, 6) is -0.0239. The number of halogens is 1. The molecule has 0 saturated heterocycles. The second-order valence-corrected chi connectivity index (χ2v) is 7.49. The smallest absolute Gasteiger partial charge is 0.341 e. The summed E-state index contributed by atoms with van der Waals surface area (Å²) in [6.45, 7) is 2.19. The second-order valence-electron chi connectivity index (χ2n) is 5.61. The quantitative estimate of drug-likeness (QED) is 0.785. The fourth-order valence-corrected chi connectivity index (χ4v) is 4.46. The lowest BCUT2D eigenvalue weighted by molar-refractivity contribution is 0.0601. The first-order chi connectivity index (χ1) is 11.0. The van der Waals surface area contributed by atoms with E-state index in [9.17, 15) is 9.59 Å². The maximum absolute atomic E-state index is 12.3. The van der Waals surface area contributed by atoms with Crippen molar-refractivity contribution < 1.29 is 18.7 Å². The molecule has 1 aliphatic rings. The second kappa shape index (κ2) is 6.49. The standard InChI is InChI=1S/C16H16BrNO4S/c1-8-3-4-9-11(7-8)23-15(13(9)16(20)21-2)18-14(19)10-5-6-12(17)22-10/h5-6,8H,3-4,7H2,1-2H3,(H,18,19). The molecule has 0 fully saturated rings. The minimum atomic E-state index is -0.409. The third-order valence-corrected chi connectivity index (χ3v) is 5.52. The number of anilines is 1. The number of hydrogen-bond acceptors (Lipinski definition) is 5. The first-order valence-corrected chi connectivity index (χ1v) is 8.90. The summed E-state index contributed by atoms with van der Waals surface area (Å²) in [7, 11) is 1.35. The average Bonchev–Trinajstić information content (AvgIpc) is 3.09. The summed E-state index contributed by atoms with van der Waals surface area (Å²) in [4.78, 5) is 25.6. The van der Waals surface area contributed by atoms with E-state index in [0.29, 0.717) is 21.2 Å². The van der Waals surface area contributed by atoms with Crippen molar-refractivity contribution in [3.8, 4) is 0 Å².